The van der Waals surface area contributed by atoms with Gasteiger partial charge in [-0.25, -0.2) is 0 Å². The molecule has 0 aromatic rings. The van der Waals surface area contributed by atoms with Crippen LogP contribution in [0.3, 0.4) is 0 Å². The molecule has 0 rings (SSSR count). The lowest BCUT2D eigenvalue weighted by atomic mass is 10.0. The van der Waals surface area contributed by atoms with Crippen LogP contribution in [0.5, 0.6) is 0 Å². The summed E-state index contributed by atoms with van der Waals surface area (Å²) in [4.78, 5) is 24.6. The molecule has 0 aromatic heterocycles. The molecule has 2 unspecified atom stereocenters. The van der Waals surface area contributed by atoms with Crippen molar-refractivity contribution < 1.29 is 24.5 Å². The molecule has 6 nitrogen and oxygen atoms in total. The van der Waals surface area contributed by atoms with Crippen LogP contribution in [0.4, 0.5) is 0 Å². The highest BCUT2D eigenvalue weighted by Crippen LogP contribution is 2.20. The van der Waals surface area contributed by atoms with Gasteiger partial charge < -0.3 is 20.3 Å². The second kappa shape index (κ2) is 75.8. The average molecular weight is 1210 g/mol. The van der Waals surface area contributed by atoms with E-state index >= 15 is 0 Å². The second-order valence-electron chi connectivity index (χ2n) is 27.4. The number of amides is 1. The molecule has 6 heteroatoms. The molecule has 510 valence electrons. The fourth-order valence-electron chi connectivity index (χ4n) is 12.7. The zero-order valence-electron chi connectivity index (χ0n) is 58.6. The fraction of sp³-hybridized carbons (Fsp3) is 0.925. The Labute approximate surface area is 539 Å². The summed E-state index contributed by atoms with van der Waals surface area (Å²) in [6.45, 7) is 4.98. The Morgan fingerprint density at radius 1 is 0.314 bits per heavy atom. The van der Waals surface area contributed by atoms with Crippen molar-refractivity contribution >= 4 is 11.9 Å². The van der Waals surface area contributed by atoms with Crippen LogP contribution < -0.4 is 5.32 Å². The third-order valence-electron chi connectivity index (χ3n) is 18.7. The number of carbonyl (C=O) groups is 2. The number of esters is 1. The first-order valence-electron chi connectivity index (χ1n) is 39.6. The van der Waals surface area contributed by atoms with Crippen molar-refractivity contribution in [1.82, 2.24) is 5.32 Å². The van der Waals surface area contributed by atoms with Gasteiger partial charge in [-0.15, -0.1) is 0 Å². The van der Waals surface area contributed by atoms with Crippen LogP contribution in [-0.4, -0.2) is 47.4 Å². The lowest BCUT2D eigenvalue weighted by molar-refractivity contribution is -0.143. The van der Waals surface area contributed by atoms with E-state index in [2.05, 4.69) is 43.5 Å². The number of aliphatic hydroxyl groups excluding tert-OH is 2. The minimum Gasteiger partial charge on any atom is -0.466 e. The van der Waals surface area contributed by atoms with Gasteiger partial charge >= 0.3 is 5.97 Å². The predicted molar refractivity (Wildman–Crippen MR) is 380 cm³/mol. The number of unbranched alkanes of at least 4 members (excludes halogenated alkanes) is 60. The normalized spacial score (nSPS) is 12.6. The SMILES string of the molecule is CCCCC/C=C\CCCCCCCC(=O)OCCCCCCCCCCCCCC/C=C\CCCCCCCCCCCCCCCCCCCC(=O)NC(CO)C(O)CCCCCCCCCCCCCCCCCCCCCCCCCC. The summed E-state index contributed by atoms with van der Waals surface area (Å²) in [7, 11) is 0. The summed E-state index contributed by atoms with van der Waals surface area (Å²) in [5.74, 6) is -0.0167. The first-order chi connectivity index (χ1) is 42.5. The van der Waals surface area contributed by atoms with E-state index in [1.54, 1.807) is 0 Å². The molecule has 0 radical (unpaired) electrons. The van der Waals surface area contributed by atoms with Gasteiger partial charge in [0.05, 0.1) is 25.4 Å². The van der Waals surface area contributed by atoms with E-state index in [0.29, 0.717) is 25.9 Å². The monoisotopic (exact) mass is 1210 g/mol. The maximum atomic E-state index is 12.6. The van der Waals surface area contributed by atoms with Gasteiger partial charge in [-0.2, -0.15) is 0 Å². The van der Waals surface area contributed by atoms with Crippen molar-refractivity contribution in [3.8, 4) is 0 Å². The van der Waals surface area contributed by atoms with Crippen molar-refractivity contribution in [2.75, 3.05) is 13.2 Å². The zero-order valence-corrected chi connectivity index (χ0v) is 58.6. The van der Waals surface area contributed by atoms with Crippen LogP contribution in [0.1, 0.15) is 450 Å². The molecular formula is C80H155NO5. The third-order valence-corrected chi connectivity index (χ3v) is 18.7. The Morgan fingerprint density at radius 3 is 0.849 bits per heavy atom. The maximum absolute atomic E-state index is 12.6. The molecule has 0 bridgehead atoms. The van der Waals surface area contributed by atoms with Gasteiger partial charge in [0, 0.05) is 12.8 Å². The highest BCUT2D eigenvalue weighted by Gasteiger charge is 2.20. The minimum atomic E-state index is -0.663. The van der Waals surface area contributed by atoms with Crippen molar-refractivity contribution in [3.05, 3.63) is 24.3 Å². The standard InChI is InChI=1S/C80H155NO5/c1-3-5-7-9-11-13-15-17-18-19-20-21-22-34-37-40-43-46-49-52-56-60-64-68-72-78(83)77(76-82)81-79(84)73-69-65-61-57-53-50-47-44-41-38-35-32-30-28-26-24-23-25-27-29-31-33-36-39-42-45-48-51-55-59-63-67-71-75-86-80(85)74-70-66-62-58-54-16-14-12-10-8-6-4-2/h12,14,27,29,77-78,82-83H,3-11,13,15-26,28,30-76H2,1-2H3,(H,81,84)/b14-12-,29-27-. The van der Waals surface area contributed by atoms with Gasteiger partial charge in [0.2, 0.25) is 5.91 Å². The van der Waals surface area contributed by atoms with Gasteiger partial charge in [-0.1, -0.05) is 385 Å². The smallest absolute Gasteiger partial charge is 0.305 e. The van der Waals surface area contributed by atoms with E-state index in [4.69, 9.17) is 4.74 Å². The third kappa shape index (κ3) is 71.4. The fourth-order valence-corrected chi connectivity index (χ4v) is 12.7. The van der Waals surface area contributed by atoms with Gasteiger partial charge in [-0.3, -0.25) is 9.59 Å². The molecule has 3 N–H and O–H groups in total. The lowest BCUT2D eigenvalue weighted by Gasteiger charge is -2.22. The Morgan fingerprint density at radius 2 is 0.547 bits per heavy atom. The summed E-state index contributed by atoms with van der Waals surface area (Å²) in [6.07, 6.45) is 97.0. The molecular weight excluding hydrogens is 1050 g/mol. The Kier molecular flexibility index (Phi) is 74.3. The van der Waals surface area contributed by atoms with E-state index in [1.807, 2.05) is 0 Å². The molecule has 0 fully saturated rings. The Hall–Kier alpha value is -1.66. The summed E-state index contributed by atoms with van der Waals surface area (Å²) in [5, 5.41) is 23.5. The number of nitrogens with one attached hydrogen (secondary N) is 1. The first kappa shape index (κ1) is 84.3. The molecule has 0 aliphatic rings. The van der Waals surface area contributed by atoms with Crippen LogP contribution in [-0.2, 0) is 14.3 Å². The first-order valence-corrected chi connectivity index (χ1v) is 39.6. The van der Waals surface area contributed by atoms with Crippen molar-refractivity contribution in [2.45, 2.75) is 463 Å². The molecule has 0 aliphatic heterocycles. The van der Waals surface area contributed by atoms with Crippen LogP contribution in [0.2, 0.25) is 0 Å². The molecule has 0 heterocycles. The Balaban J connectivity index is 3.35. The van der Waals surface area contributed by atoms with E-state index < -0.39 is 12.1 Å². The lowest BCUT2D eigenvalue weighted by Crippen LogP contribution is -2.45. The largest absolute Gasteiger partial charge is 0.466 e. The topological polar surface area (TPSA) is 95.9 Å². The van der Waals surface area contributed by atoms with Crippen LogP contribution in [0.25, 0.3) is 0 Å². The molecule has 0 spiro atoms. The molecule has 86 heavy (non-hydrogen) atoms. The Bertz CT molecular complexity index is 1350. The van der Waals surface area contributed by atoms with Crippen molar-refractivity contribution in [2.24, 2.45) is 0 Å². The van der Waals surface area contributed by atoms with E-state index in [0.717, 1.165) is 44.9 Å². The van der Waals surface area contributed by atoms with Gasteiger partial charge in [-0.05, 0) is 77.0 Å². The molecule has 0 aromatic carbocycles. The quantitative estimate of drug-likeness (QED) is 0.0320. The number of allylic oxidation sites excluding steroid dienone is 4. The predicted octanol–water partition coefficient (Wildman–Crippen LogP) is 26.0. The van der Waals surface area contributed by atoms with Gasteiger partial charge in [0.1, 0.15) is 0 Å². The van der Waals surface area contributed by atoms with Crippen LogP contribution >= 0.6 is 0 Å². The van der Waals surface area contributed by atoms with E-state index in [-0.39, 0.29) is 18.5 Å². The summed E-state index contributed by atoms with van der Waals surface area (Å²) in [5.41, 5.74) is 0. The number of aliphatic hydroxyl groups is 2. The van der Waals surface area contributed by atoms with Crippen LogP contribution in [0.15, 0.2) is 24.3 Å². The molecule has 0 saturated carbocycles. The number of ether oxygens (including phenoxy) is 1. The summed E-state index contributed by atoms with van der Waals surface area (Å²) >= 11 is 0. The number of hydrogen-bond acceptors (Lipinski definition) is 5. The maximum Gasteiger partial charge on any atom is 0.305 e. The molecule has 0 saturated heterocycles. The molecule has 1 amide bonds. The summed E-state index contributed by atoms with van der Waals surface area (Å²) < 4.78 is 5.48. The highest BCUT2D eigenvalue weighted by atomic mass is 16.5. The summed E-state index contributed by atoms with van der Waals surface area (Å²) in [6, 6.07) is -0.540. The number of carbonyl (C=O) groups excluding carboxylic acids is 2. The number of rotatable bonds is 75. The number of hydrogen-bond donors (Lipinski definition) is 3. The average Bonchev–Trinajstić information content (AvgIpc) is 3.54. The van der Waals surface area contributed by atoms with Gasteiger partial charge in [0.15, 0.2) is 0 Å². The van der Waals surface area contributed by atoms with Crippen LogP contribution in [0, 0.1) is 0 Å². The van der Waals surface area contributed by atoms with E-state index in [9.17, 15) is 19.8 Å². The minimum absolute atomic E-state index is 0.00942. The molecule has 0 aliphatic carbocycles. The highest BCUT2D eigenvalue weighted by molar-refractivity contribution is 5.76. The molecule has 2 atom stereocenters. The van der Waals surface area contributed by atoms with Crippen molar-refractivity contribution in [1.29, 1.82) is 0 Å². The second-order valence-corrected chi connectivity index (χ2v) is 27.4. The van der Waals surface area contributed by atoms with Crippen molar-refractivity contribution in [3.63, 3.8) is 0 Å². The van der Waals surface area contributed by atoms with E-state index in [1.165, 1.54) is 372 Å². The zero-order chi connectivity index (χ0) is 62.0. The van der Waals surface area contributed by atoms with Gasteiger partial charge in [0.25, 0.3) is 0 Å².